The van der Waals surface area contributed by atoms with Gasteiger partial charge in [0.15, 0.2) is 19.7 Å². The third kappa shape index (κ3) is 5.26. The molecule has 3 rings (SSSR count). The molecule has 2 aromatic carbocycles. The summed E-state index contributed by atoms with van der Waals surface area (Å²) in [6, 6.07) is 12.4. The van der Waals surface area contributed by atoms with Crippen molar-refractivity contribution in [3.05, 3.63) is 59.9 Å². The second-order valence-corrected chi connectivity index (χ2v) is 11.1. The summed E-state index contributed by atoms with van der Waals surface area (Å²) in [5, 5.41) is 6.58. The molecule has 0 saturated heterocycles. The van der Waals surface area contributed by atoms with Gasteiger partial charge in [-0.2, -0.15) is 0 Å². The Hall–Kier alpha value is -2.69. The first-order valence-electron chi connectivity index (χ1n) is 8.77. The van der Waals surface area contributed by atoms with E-state index in [0.29, 0.717) is 10.8 Å². The van der Waals surface area contributed by atoms with E-state index in [-0.39, 0.29) is 27.0 Å². The van der Waals surface area contributed by atoms with E-state index in [1.54, 1.807) is 30.3 Å². The third-order valence-corrected chi connectivity index (χ3v) is 7.28. The Bertz CT molecular complexity index is 1280. The highest BCUT2D eigenvalue weighted by Gasteiger charge is 2.19. The minimum absolute atomic E-state index is 0.0217. The Kier molecular flexibility index (Phi) is 6.30. The van der Waals surface area contributed by atoms with Crippen LogP contribution in [0.5, 0.6) is 0 Å². The van der Waals surface area contributed by atoms with Gasteiger partial charge < -0.3 is 10.6 Å². The summed E-state index contributed by atoms with van der Waals surface area (Å²) >= 11 is 5.88. The zero-order valence-electron chi connectivity index (χ0n) is 16.1. The normalized spacial score (nSPS) is 11.8. The van der Waals surface area contributed by atoms with Crippen LogP contribution < -0.4 is 10.6 Å². The van der Waals surface area contributed by atoms with Crippen LogP contribution >= 0.6 is 11.6 Å². The van der Waals surface area contributed by atoms with Crippen LogP contribution in [0.2, 0.25) is 5.02 Å². The highest BCUT2D eigenvalue weighted by Crippen LogP contribution is 2.29. The summed E-state index contributed by atoms with van der Waals surface area (Å²) in [7, 11) is -7.13. The van der Waals surface area contributed by atoms with Gasteiger partial charge in [-0.15, -0.1) is 0 Å². The van der Waals surface area contributed by atoms with Crippen molar-refractivity contribution in [3.8, 4) is 0 Å². The molecule has 0 atom stereocenters. The second kappa shape index (κ2) is 8.58. The zero-order chi connectivity index (χ0) is 21.9. The van der Waals surface area contributed by atoms with E-state index < -0.39 is 19.7 Å². The predicted molar refractivity (Wildman–Crippen MR) is 117 cm³/mol. The van der Waals surface area contributed by atoms with Crippen LogP contribution in [0.3, 0.4) is 0 Å². The van der Waals surface area contributed by atoms with Crippen LogP contribution in [-0.4, -0.2) is 38.8 Å². The van der Waals surface area contributed by atoms with E-state index >= 15 is 0 Å². The standard InChI is InChI=1S/C19H19ClN4O4S2/c1-3-30(27,28)15-8-9-17(29(2,25)26)16(10-15)24-19-11-18(21-12-22-19)23-14-6-4-13(20)5-7-14/h4-12H,3H2,1-2H3,(H2,21,22,23,24). The fourth-order valence-electron chi connectivity index (χ4n) is 2.60. The van der Waals surface area contributed by atoms with Gasteiger partial charge >= 0.3 is 0 Å². The molecule has 8 nitrogen and oxygen atoms in total. The van der Waals surface area contributed by atoms with Crippen molar-refractivity contribution in [2.24, 2.45) is 0 Å². The Morgan fingerprint density at radius 1 is 0.900 bits per heavy atom. The maximum atomic E-state index is 12.2. The van der Waals surface area contributed by atoms with Crippen molar-refractivity contribution in [3.63, 3.8) is 0 Å². The summed E-state index contributed by atoms with van der Waals surface area (Å²) in [4.78, 5) is 8.21. The van der Waals surface area contributed by atoms with E-state index in [9.17, 15) is 16.8 Å². The van der Waals surface area contributed by atoms with Crippen LogP contribution in [0, 0.1) is 0 Å². The van der Waals surface area contributed by atoms with Crippen molar-refractivity contribution in [1.82, 2.24) is 9.97 Å². The predicted octanol–water partition coefficient (Wildman–Crippen LogP) is 3.81. The Balaban J connectivity index is 1.96. The smallest absolute Gasteiger partial charge is 0.178 e. The van der Waals surface area contributed by atoms with E-state index in [1.807, 2.05) is 0 Å². The number of anilines is 4. The van der Waals surface area contributed by atoms with Crippen molar-refractivity contribution in [2.45, 2.75) is 16.7 Å². The van der Waals surface area contributed by atoms with Crippen LogP contribution in [0.4, 0.5) is 23.0 Å². The lowest BCUT2D eigenvalue weighted by Gasteiger charge is -2.13. The first-order chi connectivity index (χ1) is 14.1. The number of nitrogens with zero attached hydrogens (tertiary/aromatic N) is 2. The van der Waals surface area contributed by atoms with Gasteiger partial charge in [-0.3, -0.25) is 0 Å². The fraction of sp³-hybridized carbons (Fsp3) is 0.158. The molecular formula is C19H19ClN4O4S2. The molecule has 0 amide bonds. The minimum atomic E-state index is -3.61. The van der Waals surface area contributed by atoms with E-state index in [0.717, 1.165) is 11.9 Å². The molecule has 0 aliphatic rings. The molecule has 0 radical (unpaired) electrons. The number of aromatic nitrogens is 2. The Labute approximate surface area is 180 Å². The molecule has 11 heteroatoms. The maximum absolute atomic E-state index is 12.2. The minimum Gasteiger partial charge on any atom is -0.340 e. The Morgan fingerprint density at radius 2 is 1.53 bits per heavy atom. The fourth-order valence-corrected chi connectivity index (χ4v) is 4.46. The summed E-state index contributed by atoms with van der Waals surface area (Å²) in [6.07, 6.45) is 2.35. The first-order valence-corrected chi connectivity index (χ1v) is 12.7. The number of benzene rings is 2. The molecule has 1 heterocycles. The van der Waals surface area contributed by atoms with Gasteiger partial charge in [-0.05, 0) is 42.5 Å². The van der Waals surface area contributed by atoms with Gasteiger partial charge in [0.2, 0.25) is 0 Å². The van der Waals surface area contributed by atoms with Crippen molar-refractivity contribution in [1.29, 1.82) is 0 Å². The molecule has 0 fully saturated rings. The van der Waals surface area contributed by atoms with Crippen molar-refractivity contribution < 1.29 is 16.8 Å². The summed E-state index contributed by atoms with van der Waals surface area (Å²) in [6.45, 7) is 1.52. The van der Waals surface area contributed by atoms with Gasteiger partial charge in [0.25, 0.3) is 0 Å². The summed E-state index contributed by atoms with van der Waals surface area (Å²) in [5.74, 6) is 0.637. The zero-order valence-corrected chi connectivity index (χ0v) is 18.5. The topological polar surface area (TPSA) is 118 Å². The quantitative estimate of drug-likeness (QED) is 0.539. The van der Waals surface area contributed by atoms with Crippen LogP contribution in [0.15, 0.2) is 64.6 Å². The summed E-state index contributed by atoms with van der Waals surface area (Å²) < 4.78 is 48.8. The van der Waals surface area contributed by atoms with E-state index in [2.05, 4.69) is 20.6 Å². The van der Waals surface area contributed by atoms with Crippen molar-refractivity contribution in [2.75, 3.05) is 22.6 Å². The monoisotopic (exact) mass is 466 g/mol. The van der Waals surface area contributed by atoms with Crippen molar-refractivity contribution >= 4 is 54.3 Å². The molecular weight excluding hydrogens is 448 g/mol. The molecule has 0 aliphatic heterocycles. The number of nitrogens with one attached hydrogen (secondary N) is 2. The largest absolute Gasteiger partial charge is 0.340 e. The molecule has 3 aromatic rings. The van der Waals surface area contributed by atoms with Gasteiger partial charge in [0, 0.05) is 23.0 Å². The lowest BCUT2D eigenvalue weighted by Crippen LogP contribution is -2.08. The molecule has 0 unspecified atom stereocenters. The maximum Gasteiger partial charge on any atom is 0.178 e. The van der Waals surface area contributed by atoms with Crippen LogP contribution in [-0.2, 0) is 19.7 Å². The molecule has 158 valence electrons. The molecule has 0 aliphatic carbocycles. The van der Waals surface area contributed by atoms with Gasteiger partial charge in [0.05, 0.1) is 21.2 Å². The van der Waals surface area contributed by atoms with Gasteiger partial charge in [-0.25, -0.2) is 26.8 Å². The van der Waals surface area contributed by atoms with Crippen LogP contribution in [0.25, 0.3) is 0 Å². The number of hydrogen-bond donors (Lipinski definition) is 2. The number of sulfone groups is 2. The van der Waals surface area contributed by atoms with Gasteiger partial charge in [0.1, 0.15) is 18.0 Å². The lowest BCUT2D eigenvalue weighted by molar-refractivity contribution is 0.595. The lowest BCUT2D eigenvalue weighted by atomic mass is 10.3. The average molecular weight is 467 g/mol. The molecule has 1 aromatic heterocycles. The second-order valence-electron chi connectivity index (χ2n) is 6.38. The highest BCUT2D eigenvalue weighted by molar-refractivity contribution is 7.91. The SMILES string of the molecule is CCS(=O)(=O)c1ccc(S(C)(=O)=O)c(Nc2cc(Nc3ccc(Cl)cc3)ncn2)c1. The molecule has 0 bridgehead atoms. The number of rotatable bonds is 7. The Morgan fingerprint density at radius 3 is 2.13 bits per heavy atom. The van der Waals surface area contributed by atoms with Crippen LogP contribution in [0.1, 0.15) is 6.92 Å². The number of hydrogen-bond acceptors (Lipinski definition) is 8. The molecule has 30 heavy (non-hydrogen) atoms. The molecule has 2 N–H and O–H groups in total. The third-order valence-electron chi connectivity index (χ3n) is 4.14. The average Bonchev–Trinajstić information content (AvgIpc) is 2.69. The summed E-state index contributed by atoms with van der Waals surface area (Å²) in [5.41, 5.74) is 0.861. The molecule has 0 spiro atoms. The van der Waals surface area contributed by atoms with Gasteiger partial charge in [-0.1, -0.05) is 18.5 Å². The van der Waals surface area contributed by atoms with E-state index in [1.165, 1.54) is 31.5 Å². The molecule has 0 saturated carbocycles. The first kappa shape index (κ1) is 22.0. The van der Waals surface area contributed by atoms with E-state index in [4.69, 9.17) is 11.6 Å². The number of halogens is 1. The highest BCUT2D eigenvalue weighted by atomic mass is 35.5.